The second-order valence-electron chi connectivity index (χ2n) is 10.3. The van der Waals surface area contributed by atoms with Crippen molar-refractivity contribution in [2.75, 3.05) is 6.61 Å². The molecule has 3 rings (SSSR count). The Morgan fingerprint density at radius 2 is 1.54 bits per heavy atom. The molecule has 0 saturated carbocycles. The van der Waals surface area contributed by atoms with Gasteiger partial charge in [0.1, 0.15) is 11.4 Å². The minimum atomic E-state index is -4.46. The van der Waals surface area contributed by atoms with Crippen LogP contribution in [-0.2, 0) is 18.0 Å². The van der Waals surface area contributed by atoms with Crippen molar-refractivity contribution in [2.24, 2.45) is 0 Å². The van der Waals surface area contributed by atoms with Crippen molar-refractivity contribution >= 4 is 0 Å². The predicted molar refractivity (Wildman–Crippen MR) is 134 cm³/mol. The van der Waals surface area contributed by atoms with Crippen molar-refractivity contribution in [3.05, 3.63) is 88.5 Å². The molecule has 0 fully saturated rings. The first-order chi connectivity index (χ1) is 16.3. The van der Waals surface area contributed by atoms with Crippen molar-refractivity contribution in [3.8, 4) is 5.75 Å². The minimum absolute atomic E-state index is 0.179. The van der Waals surface area contributed by atoms with Gasteiger partial charge in [-0.3, -0.25) is 4.98 Å². The standard InChI is InChI=1S/C29H35F3N2O/c1-19(2)22-10-12-24(13-11-22)35-15-14-21(4)25-17-20(3)16-23(33-25)18-28(5,6)26-8-7-9-27(34-26)29(30,31)32/h7-13,16-17,19,21H,14-15,18H2,1-6H3. The van der Waals surface area contributed by atoms with Crippen LogP contribution in [0.15, 0.2) is 54.6 Å². The molecule has 3 nitrogen and oxygen atoms in total. The number of aryl methyl sites for hydroxylation is 1. The van der Waals surface area contributed by atoms with E-state index in [1.807, 2.05) is 39.0 Å². The maximum absolute atomic E-state index is 13.2. The van der Waals surface area contributed by atoms with E-state index in [1.54, 1.807) is 6.07 Å². The van der Waals surface area contributed by atoms with Crippen LogP contribution in [0.1, 0.15) is 86.8 Å². The number of alkyl halides is 3. The number of halogens is 3. The van der Waals surface area contributed by atoms with Crippen LogP contribution in [0.3, 0.4) is 0 Å². The first-order valence-electron chi connectivity index (χ1n) is 12.1. The van der Waals surface area contributed by atoms with Crippen molar-refractivity contribution in [1.82, 2.24) is 9.97 Å². The molecule has 6 heteroatoms. The molecular formula is C29H35F3N2O. The van der Waals surface area contributed by atoms with Gasteiger partial charge in [-0.05, 0) is 66.8 Å². The van der Waals surface area contributed by atoms with E-state index >= 15 is 0 Å². The van der Waals surface area contributed by atoms with Gasteiger partial charge in [-0.15, -0.1) is 0 Å². The highest BCUT2D eigenvalue weighted by atomic mass is 19.4. The molecule has 0 radical (unpaired) electrons. The van der Waals surface area contributed by atoms with E-state index in [9.17, 15) is 13.2 Å². The molecule has 2 heterocycles. The highest BCUT2D eigenvalue weighted by Crippen LogP contribution is 2.32. The van der Waals surface area contributed by atoms with Crippen LogP contribution in [0, 0.1) is 6.92 Å². The lowest BCUT2D eigenvalue weighted by Gasteiger charge is -2.25. The summed E-state index contributed by atoms with van der Waals surface area (Å²) in [5.74, 6) is 1.52. The summed E-state index contributed by atoms with van der Waals surface area (Å²) in [4.78, 5) is 8.77. The summed E-state index contributed by atoms with van der Waals surface area (Å²) < 4.78 is 45.4. The van der Waals surface area contributed by atoms with Crippen molar-refractivity contribution in [3.63, 3.8) is 0 Å². The molecule has 1 aromatic carbocycles. The summed E-state index contributed by atoms with van der Waals surface area (Å²) in [7, 11) is 0. The number of benzene rings is 1. The lowest BCUT2D eigenvalue weighted by molar-refractivity contribution is -0.141. The highest BCUT2D eigenvalue weighted by molar-refractivity contribution is 5.29. The van der Waals surface area contributed by atoms with Gasteiger partial charge >= 0.3 is 6.18 Å². The second kappa shape index (κ2) is 10.8. The molecule has 0 spiro atoms. The first-order valence-corrected chi connectivity index (χ1v) is 12.1. The molecule has 0 saturated heterocycles. The van der Waals surface area contributed by atoms with Crippen LogP contribution in [0.2, 0.25) is 0 Å². The van der Waals surface area contributed by atoms with Crippen LogP contribution in [0.4, 0.5) is 13.2 Å². The van der Waals surface area contributed by atoms with E-state index in [2.05, 4.69) is 44.0 Å². The molecule has 2 aromatic heterocycles. The van der Waals surface area contributed by atoms with Crippen molar-refractivity contribution < 1.29 is 17.9 Å². The number of aromatic nitrogens is 2. The fourth-order valence-corrected chi connectivity index (χ4v) is 4.07. The Balaban J connectivity index is 1.67. The average molecular weight is 485 g/mol. The molecule has 0 aliphatic heterocycles. The molecule has 3 aromatic rings. The smallest absolute Gasteiger partial charge is 0.433 e. The molecule has 0 aliphatic carbocycles. The van der Waals surface area contributed by atoms with Crippen molar-refractivity contribution in [1.29, 1.82) is 0 Å². The molecule has 0 amide bonds. The van der Waals surface area contributed by atoms with E-state index < -0.39 is 17.3 Å². The lowest BCUT2D eigenvalue weighted by Crippen LogP contribution is -2.24. The number of rotatable bonds is 9. The third-order valence-electron chi connectivity index (χ3n) is 6.27. The Morgan fingerprint density at radius 3 is 2.17 bits per heavy atom. The summed E-state index contributed by atoms with van der Waals surface area (Å²) in [6, 6.07) is 16.3. The van der Waals surface area contributed by atoms with Gasteiger partial charge < -0.3 is 4.74 Å². The van der Waals surface area contributed by atoms with E-state index in [1.165, 1.54) is 11.6 Å². The van der Waals surface area contributed by atoms with Crippen LogP contribution in [-0.4, -0.2) is 16.6 Å². The largest absolute Gasteiger partial charge is 0.494 e. The van der Waals surface area contributed by atoms with Gasteiger partial charge in [-0.2, -0.15) is 13.2 Å². The van der Waals surface area contributed by atoms with E-state index in [-0.39, 0.29) is 5.92 Å². The third-order valence-corrected chi connectivity index (χ3v) is 6.27. The highest BCUT2D eigenvalue weighted by Gasteiger charge is 2.34. The molecule has 188 valence electrons. The van der Waals surface area contributed by atoms with Crippen LogP contribution >= 0.6 is 0 Å². The van der Waals surface area contributed by atoms with Gasteiger partial charge in [0.15, 0.2) is 0 Å². The molecule has 0 aliphatic rings. The Hall–Kier alpha value is -2.89. The van der Waals surface area contributed by atoms with Gasteiger partial charge in [-0.25, -0.2) is 4.98 Å². The van der Waals surface area contributed by atoms with Gasteiger partial charge in [-0.1, -0.05) is 52.8 Å². The zero-order valence-electron chi connectivity index (χ0n) is 21.4. The number of ether oxygens (including phenoxy) is 1. The summed E-state index contributed by atoms with van der Waals surface area (Å²) in [5.41, 5.74) is 3.11. The number of hydrogen-bond donors (Lipinski definition) is 0. The Kier molecular flexibility index (Phi) is 8.24. The van der Waals surface area contributed by atoms with Crippen LogP contribution in [0.5, 0.6) is 5.75 Å². The number of hydrogen-bond acceptors (Lipinski definition) is 3. The lowest BCUT2D eigenvalue weighted by atomic mass is 9.83. The quantitative estimate of drug-likeness (QED) is 0.308. The molecule has 1 unspecified atom stereocenters. The summed E-state index contributed by atoms with van der Waals surface area (Å²) in [6.07, 6.45) is -3.17. The SMILES string of the molecule is Cc1cc(CC(C)(C)c2cccc(C(F)(F)F)n2)nc(C(C)CCOc2ccc(C(C)C)cc2)c1. The Labute approximate surface area is 206 Å². The number of pyridine rings is 2. The predicted octanol–water partition coefficient (Wildman–Crippen LogP) is 8.02. The van der Waals surface area contributed by atoms with E-state index in [4.69, 9.17) is 9.72 Å². The van der Waals surface area contributed by atoms with Crippen molar-refractivity contribution in [2.45, 2.75) is 77.8 Å². The maximum Gasteiger partial charge on any atom is 0.433 e. The van der Waals surface area contributed by atoms with E-state index in [0.717, 1.165) is 35.2 Å². The maximum atomic E-state index is 13.2. The Bertz CT molecular complexity index is 1120. The van der Waals surface area contributed by atoms with Gasteiger partial charge in [0, 0.05) is 34.8 Å². The zero-order valence-corrected chi connectivity index (χ0v) is 21.4. The van der Waals surface area contributed by atoms with Crippen LogP contribution < -0.4 is 4.74 Å². The fraction of sp³-hybridized carbons (Fsp3) is 0.448. The molecule has 0 N–H and O–H groups in total. The normalized spacial score (nSPS) is 13.2. The van der Waals surface area contributed by atoms with E-state index in [0.29, 0.717) is 24.6 Å². The van der Waals surface area contributed by atoms with Gasteiger partial charge in [0.25, 0.3) is 0 Å². The molecule has 35 heavy (non-hydrogen) atoms. The minimum Gasteiger partial charge on any atom is -0.494 e. The zero-order chi connectivity index (χ0) is 25.8. The first kappa shape index (κ1) is 26.7. The fourth-order valence-electron chi connectivity index (χ4n) is 4.07. The molecule has 0 bridgehead atoms. The topological polar surface area (TPSA) is 35.0 Å². The molecular weight excluding hydrogens is 449 g/mol. The Morgan fingerprint density at radius 1 is 0.886 bits per heavy atom. The summed E-state index contributed by atoms with van der Waals surface area (Å²) in [5, 5.41) is 0. The summed E-state index contributed by atoms with van der Waals surface area (Å²) >= 11 is 0. The number of nitrogens with zero attached hydrogens (tertiary/aromatic N) is 2. The van der Waals surface area contributed by atoms with Gasteiger partial charge in [0.05, 0.1) is 6.61 Å². The monoisotopic (exact) mass is 484 g/mol. The van der Waals surface area contributed by atoms with Gasteiger partial charge in [0.2, 0.25) is 0 Å². The second-order valence-corrected chi connectivity index (χ2v) is 10.3. The molecule has 1 atom stereocenters. The summed E-state index contributed by atoms with van der Waals surface area (Å²) in [6.45, 7) is 12.9. The average Bonchev–Trinajstić information content (AvgIpc) is 2.78. The van der Waals surface area contributed by atoms with Crippen LogP contribution in [0.25, 0.3) is 0 Å². The third kappa shape index (κ3) is 7.30.